The van der Waals surface area contributed by atoms with Crippen LogP contribution < -0.4 is 0 Å². The zero-order valence-electron chi connectivity index (χ0n) is 13.7. The van der Waals surface area contributed by atoms with Gasteiger partial charge in [-0.3, -0.25) is 4.79 Å². The molecule has 0 N–H and O–H groups in total. The average Bonchev–Trinajstić information content (AvgIpc) is 2.58. The second-order valence-corrected chi connectivity index (χ2v) is 6.72. The summed E-state index contributed by atoms with van der Waals surface area (Å²) in [6.45, 7) is 1.99. The lowest BCUT2D eigenvalue weighted by atomic mass is 10.1. The fourth-order valence-corrected chi connectivity index (χ4v) is 2.76. The highest BCUT2D eigenvalue weighted by Crippen LogP contribution is 2.31. The van der Waals surface area contributed by atoms with Gasteiger partial charge >= 0.3 is 5.97 Å². The van der Waals surface area contributed by atoms with Gasteiger partial charge in [-0.1, -0.05) is 64.6 Å². The maximum absolute atomic E-state index is 12.1. The van der Waals surface area contributed by atoms with E-state index in [0.717, 1.165) is 11.1 Å². The summed E-state index contributed by atoms with van der Waals surface area (Å²) < 4.78 is 5.03. The second kappa shape index (κ2) is 8.56. The van der Waals surface area contributed by atoms with Crippen molar-refractivity contribution in [1.82, 2.24) is 4.90 Å². The molecule has 0 unspecified atom stereocenters. The minimum absolute atomic E-state index is 0.000347. The molecule has 0 atom stereocenters. The summed E-state index contributed by atoms with van der Waals surface area (Å²) in [7, 11) is 1.63. The van der Waals surface area contributed by atoms with Crippen LogP contribution in [0.15, 0.2) is 36.4 Å². The quantitative estimate of drug-likeness (QED) is 0.536. The predicted octanol–water partition coefficient (Wildman–Crippen LogP) is 4.77. The molecule has 0 aliphatic heterocycles. The molecule has 2 rings (SSSR count). The van der Waals surface area contributed by atoms with Gasteiger partial charge in [-0.05, 0) is 24.6 Å². The van der Waals surface area contributed by atoms with Crippen molar-refractivity contribution in [3.63, 3.8) is 0 Å². The fraction of sp³-hybridized carbons (Fsp3) is 0.222. The number of rotatable bonds is 5. The molecular weight excluding hydrogens is 385 g/mol. The van der Waals surface area contributed by atoms with Crippen molar-refractivity contribution in [2.24, 2.45) is 0 Å². The Kier molecular flexibility index (Phi) is 6.71. The molecule has 2 aromatic rings. The lowest BCUT2D eigenvalue weighted by Gasteiger charge is -2.17. The number of esters is 1. The van der Waals surface area contributed by atoms with E-state index in [1.807, 2.05) is 31.2 Å². The van der Waals surface area contributed by atoms with Crippen molar-refractivity contribution in [3.05, 3.63) is 68.2 Å². The Balaban J connectivity index is 1.96. The van der Waals surface area contributed by atoms with Gasteiger partial charge in [0.25, 0.3) is 5.91 Å². The number of likely N-dealkylation sites (N-methyl/N-ethyl adjacent to an activating group) is 1. The minimum atomic E-state index is -0.797. The first-order chi connectivity index (χ1) is 11.8. The third-order valence-electron chi connectivity index (χ3n) is 3.54. The minimum Gasteiger partial charge on any atom is -0.452 e. The van der Waals surface area contributed by atoms with E-state index < -0.39 is 12.6 Å². The van der Waals surface area contributed by atoms with Crippen molar-refractivity contribution in [2.75, 3.05) is 13.7 Å². The molecule has 4 nitrogen and oxygen atoms in total. The number of aryl methyl sites for hydroxylation is 1. The molecule has 2 aromatic carbocycles. The molecule has 0 bridgehead atoms. The SMILES string of the molecule is Cc1ccc(CN(C)C(=O)COC(=O)c2c(Cl)ccc(Cl)c2Cl)cc1. The zero-order chi connectivity index (χ0) is 18.6. The van der Waals surface area contributed by atoms with Gasteiger partial charge in [-0.2, -0.15) is 0 Å². The van der Waals surface area contributed by atoms with Crippen LogP contribution in [0.3, 0.4) is 0 Å². The molecule has 1 amide bonds. The van der Waals surface area contributed by atoms with E-state index in [1.165, 1.54) is 17.0 Å². The fourth-order valence-electron chi connectivity index (χ4n) is 2.08. The summed E-state index contributed by atoms with van der Waals surface area (Å²) in [5, 5.41) is 0.292. The largest absolute Gasteiger partial charge is 0.452 e. The van der Waals surface area contributed by atoms with Crippen LogP contribution in [0.4, 0.5) is 0 Å². The molecule has 7 heteroatoms. The zero-order valence-corrected chi connectivity index (χ0v) is 16.0. The molecule has 0 heterocycles. The van der Waals surface area contributed by atoms with Crippen LogP contribution in [0.25, 0.3) is 0 Å². The molecule has 132 valence electrons. The molecule has 0 aromatic heterocycles. The first kappa shape index (κ1) is 19.6. The smallest absolute Gasteiger partial charge is 0.341 e. The maximum Gasteiger partial charge on any atom is 0.341 e. The van der Waals surface area contributed by atoms with Crippen LogP contribution >= 0.6 is 34.8 Å². The Morgan fingerprint density at radius 1 is 1.00 bits per heavy atom. The highest BCUT2D eigenvalue weighted by molar-refractivity contribution is 6.46. The molecule has 0 aliphatic carbocycles. The van der Waals surface area contributed by atoms with E-state index in [1.54, 1.807) is 7.05 Å². The van der Waals surface area contributed by atoms with Crippen LogP contribution in [-0.2, 0) is 16.1 Å². The summed E-state index contributed by atoms with van der Waals surface area (Å²) in [5.41, 5.74) is 2.07. The molecule has 25 heavy (non-hydrogen) atoms. The Hall–Kier alpha value is -1.75. The topological polar surface area (TPSA) is 46.6 Å². The van der Waals surface area contributed by atoms with Gasteiger partial charge in [-0.25, -0.2) is 4.79 Å². The van der Waals surface area contributed by atoms with E-state index in [2.05, 4.69) is 0 Å². The third kappa shape index (κ3) is 5.11. The van der Waals surface area contributed by atoms with Crippen LogP contribution in [-0.4, -0.2) is 30.4 Å². The lowest BCUT2D eigenvalue weighted by molar-refractivity contribution is -0.133. The normalized spacial score (nSPS) is 10.4. The Morgan fingerprint density at radius 2 is 1.60 bits per heavy atom. The van der Waals surface area contributed by atoms with Crippen LogP contribution in [0.1, 0.15) is 21.5 Å². The van der Waals surface area contributed by atoms with Gasteiger partial charge < -0.3 is 9.64 Å². The molecule has 0 fully saturated rings. The molecule has 0 radical (unpaired) electrons. The number of carbonyl (C=O) groups is 2. The van der Waals surface area contributed by atoms with Gasteiger partial charge in [0.15, 0.2) is 6.61 Å². The molecule has 0 saturated heterocycles. The second-order valence-electron chi connectivity index (χ2n) is 5.53. The summed E-state index contributed by atoms with van der Waals surface area (Å²) in [5.74, 6) is -1.14. The number of hydrogen-bond donors (Lipinski definition) is 0. The number of carbonyl (C=O) groups excluding carboxylic acids is 2. The van der Waals surface area contributed by atoms with Crippen LogP contribution in [0.2, 0.25) is 15.1 Å². The van der Waals surface area contributed by atoms with Crippen LogP contribution in [0.5, 0.6) is 0 Å². The molecule has 0 saturated carbocycles. The summed E-state index contributed by atoms with van der Waals surface area (Å²) in [6, 6.07) is 10.7. The Labute approximate surface area is 161 Å². The first-order valence-corrected chi connectivity index (χ1v) is 8.53. The van der Waals surface area contributed by atoms with Crippen molar-refractivity contribution < 1.29 is 14.3 Å². The van der Waals surface area contributed by atoms with Crippen molar-refractivity contribution >= 4 is 46.7 Å². The van der Waals surface area contributed by atoms with E-state index in [9.17, 15) is 9.59 Å². The van der Waals surface area contributed by atoms with E-state index in [0.29, 0.717) is 6.54 Å². The predicted molar refractivity (Wildman–Crippen MR) is 99.4 cm³/mol. The van der Waals surface area contributed by atoms with Crippen molar-refractivity contribution in [2.45, 2.75) is 13.5 Å². The van der Waals surface area contributed by atoms with Gasteiger partial charge in [-0.15, -0.1) is 0 Å². The number of hydrogen-bond acceptors (Lipinski definition) is 3. The molecular formula is C18H16Cl3NO3. The number of nitrogens with zero attached hydrogens (tertiary/aromatic N) is 1. The summed E-state index contributed by atoms with van der Waals surface area (Å²) >= 11 is 17.8. The van der Waals surface area contributed by atoms with Crippen LogP contribution in [0, 0.1) is 6.92 Å². The number of ether oxygens (including phenoxy) is 1. The van der Waals surface area contributed by atoms with Crippen molar-refractivity contribution in [1.29, 1.82) is 0 Å². The Bertz CT molecular complexity index is 791. The summed E-state index contributed by atoms with van der Waals surface area (Å²) in [4.78, 5) is 25.8. The highest BCUT2D eigenvalue weighted by Gasteiger charge is 2.20. The number of amides is 1. The van der Waals surface area contributed by atoms with Crippen molar-refractivity contribution in [3.8, 4) is 0 Å². The molecule has 0 aliphatic rings. The van der Waals surface area contributed by atoms with E-state index in [4.69, 9.17) is 39.5 Å². The average molecular weight is 401 g/mol. The molecule has 0 spiro atoms. The maximum atomic E-state index is 12.1. The van der Waals surface area contributed by atoms with Gasteiger partial charge in [0.2, 0.25) is 0 Å². The van der Waals surface area contributed by atoms with E-state index in [-0.39, 0.29) is 26.5 Å². The van der Waals surface area contributed by atoms with Gasteiger partial charge in [0.05, 0.1) is 20.6 Å². The summed E-state index contributed by atoms with van der Waals surface area (Å²) in [6.07, 6.45) is 0. The number of halogens is 3. The van der Waals surface area contributed by atoms with Gasteiger partial charge in [0, 0.05) is 13.6 Å². The highest BCUT2D eigenvalue weighted by atomic mass is 35.5. The lowest BCUT2D eigenvalue weighted by Crippen LogP contribution is -2.30. The van der Waals surface area contributed by atoms with E-state index >= 15 is 0 Å². The monoisotopic (exact) mass is 399 g/mol. The third-order valence-corrected chi connectivity index (χ3v) is 4.66. The first-order valence-electron chi connectivity index (χ1n) is 7.39. The van der Waals surface area contributed by atoms with Gasteiger partial charge in [0.1, 0.15) is 0 Å². The Morgan fingerprint density at radius 3 is 2.24 bits per heavy atom. The standard InChI is InChI=1S/C18H16Cl3NO3/c1-11-3-5-12(6-4-11)9-22(2)15(23)10-25-18(24)16-13(19)7-8-14(20)17(16)21/h3-8H,9-10H2,1-2H3. The number of benzene rings is 2.